The molecule has 0 aliphatic carbocycles. The van der Waals surface area contributed by atoms with Gasteiger partial charge < -0.3 is 5.11 Å². The highest BCUT2D eigenvalue weighted by Crippen LogP contribution is 2.34. The molecule has 1 N–H and O–H groups in total. The molecule has 0 saturated carbocycles. The number of aliphatic hydroxyl groups is 1. The van der Waals surface area contributed by atoms with E-state index >= 15 is 0 Å². The van der Waals surface area contributed by atoms with Gasteiger partial charge in [0.1, 0.15) is 17.7 Å². The maximum absolute atomic E-state index is 13.8. The van der Waals surface area contributed by atoms with E-state index in [1.54, 1.807) is 0 Å². The van der Waals surface area contributed by atoms with E-state index in [0.717, 1.165) is 12.1 Å². The van der Waals surface area contributed by atoms with Gasteiger partial charge >= 0.3 is 0 Å². The van der Waals surface area contributed by atoms with Crippen LogP contribution in [-0.2, 0) is 0 Å². The Hall–Kier alpha value is -0.680. The van der Waals surface area contributed by atoms with Crippen molar-refractivity contribution in [3.8, 4) is 0 Å². The summed E-state index contributed by atoms with van der Waals surface area (Å²) in [7, 11) is 0. The van der Waals surface area contributed by atoms with Crippen LogP contribution in [0.15, 0.2) is 34.8 Å². The largest absolute Gasteiger partial charge is 0.383 e. The quantitative estimate of drug-likeness (QED) is 0.730. The van der Waals surface area contributed by atoms with Crippen molar-refractivity contribution in [1.29, 1.82) is 0 Å². The third-order valence-corrected chi connectivity index (χ3v) is 4.21. The molecule has 0 radical (unpaired) electrons. The fourth-order valence-electron chi connectivity index (χ4n) is 1.65. The Balaban J connectivity index is 2.53. The fraction of sp³-hybridized carbons (Fsp3) is 0.0769. The predicted octanol–water partition coefficient (Wildman–Crippen LogP) is 5.12. The molecule has 6 heteroatoms. The van der Waals surface area contributed by atoms with Gasteiger partial charge in [-0.15, -0.1) is 0 Å². The standard InChI is InChI=1S/C13H7BrCl2F2O/c14-8-5-11(18)7(4-9(8)15)13(19)6-2-1-3-10(17)12(6)16/h1-5,13,19H. The van der Waals surface area contributed by atoms with Gasteiger partial charge in [-0.1, -0.05) is 35.3 Å². The molecule has 0 amide bonds. The molecule has 2 aromatic carbocycles. The van der Waals surface area contributed by atoms with Crippen molar-refractivity contribution in [2.45, 2.75) is 6.10 Å². The zero-order valence-electron chi connectivity index (χ0n) is 9.30. The molecule has 0 aromatic heterocycles. The first-order valence-corrected chi connectivity index (χ1v) is 6.73. The molecule has 1 atom stereocenters. The summed E-state index contributed by atoms with van der Waals surface area (Å²) < 4.78 is 27.5. The molecule has 0 aliphatic heterocycles. The average molecular weight is 368 g/mol. The first-order valence-electron chi connectivity index (χ1n) is 5.18. The number of halogens is 5. The Morgan fingerprint density at radius 3 is 2.42 bits per heavy atom. The van der Waals surface area contributed by atoms with Gasteiger partial charge in [-0.3, -0.25) is 0 Å². The molecule has 2 rings (SSSR count). The van der Waals surface area contributed by atoms with Gasteiger partial charge in [0.25, 0.3) is 0 Å². The molecular weight excluding hydrogens is 361 g/mol. The summed E-state index contributed by atoms with van der Waals surface area (Å²) in [4.78, 5) is 0. The van der Waals surface area contributed by atoms with E-state index in [9.17, 15) is 13.9 Å². The third-order valence-electron chi connectivity index (χ3n) is 2.61. The van der Waals surface area contributed by atoms with Crippen LogP contribution in [0.3, 0.4) is 0 Å². The second-order valence-corrected chi connectivity index (χ2v) is 5.47. The number of hydrogen-bond donors (Lipinski definition) is 1. The highest BCUT2D eigenvalue weighted by molar-refractivity contribution is 9.10. The molecular formula is C13H7BrCl2F2O. The first kappa shape index (κ1) is 14.7. The molecule has 0 aliphatic rings. The van der Waals surface area contributed by atoms with Crippen LogP contribution in [0.1, 0.15) is 17.2 Å². The minimum absolute atomic E-state index is 0.0688. The first-order chi connectivity index (χ1) is 8.91. The van der Waals surface area contributed by atoms with Gasteiger partial charge in [0.2, 0.25) is 0 Å². The van der Waals surface area contributed by atoms with E-state index in [1.807, 2.05) is 0 Å². The lowest BCUT2D eigenvalue weighted by Gasteiger charge is -2.15. The Labute approximate surface area is 126 Å². The fourth-order valence-corrected chi connectivity index (χ4v) is 2.36. The lowest BCUT2D eigenvalue weighted by Crippen LogP contribution is -2.04. The summed E-state index contributed by atoms with van der Waals surface area (Å²) in [6.45, 7) is 0. The number of rotatable bonds is 2. The molecule has 0 spiro atoms. The van der Waals surface area contributed by atoms with E-state index < -0.39 is 17.7 Å². The number of aliphatic hydroxyl groups excluding tert-OH is 1. The van der Waals surface area contributed by atoms with Gasteiger partial charge in [0.05, 0.1) is 10.0 Å². The van der Waals surface area contributed by atoms with Crippen LogP contribution in [0, 0.1) is 11.6 Å². The molecule has 1 unspecified atom stereocenters. The van der Waals surface area contributed by atoms with Crippen LogP contribution < -0.4 is 0 Å². The van der Waals surface area contributed by atoms with Gasteiger partial charge in [0.15, 0.2) is 0 Å². The van der Waals surface area contributed by atoms with E-state index in [4.69, 9.17) is 23.2 Å². The Morgan fingerprint density at radius 2 is 1.74 bits per heavy atom. The van der Waals surface area contributed by atoms with Crippen molar-refractivity contribution >= 4 is 39.1 Å². The van der Waals surface area contributed by atoms with E-state index in [2.05, 4.69) is 15.9 Å². The van der Waals surface area contributed by atoms with Gasteiger partial charge in [-0.2, -0.15) is 0 Å². The summed E-state index contributed by atoms with van der Waals surface area (Å²) in [5.74, 6) is -1.34. The van der Waals surface area contributed by atoms with Crippen molar-refractivity contribution in [3.05, 3.63) is 67.6 Å². The lowest BCUT2D eigenvalue weighted by atomic mass is 10.0. The normalized spacial score (nSPS) is 12.5. The second kappa shape index (κ2) is 5.75. The van der Waals surface area contributed by atoms with Crippen LogP contribution in [0.5, 0.6) is 0 Å². The van der Waals surface area contributed by atoms with Gasteiger partial charge in [-0.05, 0) is 34.1 Å². The summed E-state index contributed by atoms with van der Waals surface area (Å²) in [5.41, 5.74) is 0.0136. The highest BCUT2D eigenvalue weighted by atomic mass is 79.9. The molecule has 0 bridgehead atoms. The molecule has 1 nitrogen and oxygen atoms in total. The van der Waals surface area contributed by atoms with Crippen LogP contribution in [-0.4, -0.2) is 5.11 Å². The van der Waals surface area contributed by atoms with E-state index in [-0.39, 0.29) is 21.2 Å². The van der Waals surface area contributed by atoms with Crippen molar-refractivity contribution < 1.29 is 13.9 Å². The van der Waals surface area contributed by atoms with Gasteiger partial charge in [-0.25, -0.2) is 8.78 Å². The zero-order chi connectivity index (χ0) is 14.2. The minimum atomic E-state index is -1.39. The maximum atomic E-state index is 13.8. The number of hydrogen-bond acceptors (Lipinski definition) is 1. The van der Waals surface area contributed by atoms with Crippen LogP contribution in [0.25, 0.3) is 0 Å². The SMILES string of the molecule is OC(c1cc(Cl)c(Br)cc1F)c1cccc(F)c1Cl. The average Bonchev–Trinajstić information content (AvgIpc) is 2.36. The summed E-state index contributed by atoms with van der Waals surface area (Å²) in [6.07, 6.45) is -1.39. The molecule has 19 heavy (non-hydrogen) atoms. The second-order valence-electron chi connectivity index (χ2n) is 3.83. The summed E-state index contributed by atoms with van der Waals surface area (Å²) >= 11 is 14.7. The Kier molecular flexibility index (Phi) is 4.46. The van der Waals surface area contributed by atoms with Crippen molar-refractivity contribution in [3.63, 3.8) is 0 Å². The monoisotopic (exact) mass is 366 g/mol. The predicted molar refractivity (Wildman–Crippen MR) is 74.6 cm³/mol. The van der Waals surface area contributed by atoms with Gasteiger partial charge in [0, 0.05) is 15.6 Å². The molecule has 0 fully saturated rings. The molecule has 100 valence electrons. The Morgan fingerprint density at radius 1 is 1.05 bits per heavy atom. The highest BCUT2D eigenvalue weighted by Gasteiger charge is 2.20. The zero-order valence-corrected chi connectivity index (χ0v) is 12.4. The summed E-state index contributed by atoms with van der Waals surface area (Å²) in [5, 5.41) is 10.1. The molecule has 2 aromatic rings. The Bertz CT molecular complexity index is 634. The van der Waals surface area contributed by atoms with E-state index in [0.29, 0.717) is 4.47 Å². The van der Waals surface area contributed by atoms with Crippen molar-refractivity contribution in [1.82, 2.24) is 0 Å². The third kappa shape index (κ3) is 2.92. The molecule has 0 heterocycles. The minimum Gasteiger partial charge on any atom is -0.383 e. The van der Waals surface area contributed by atoms with Crippen LogP contribution >= 0.6 is 39.1 Å². The summed E-state index contributed by atoms with van der Waals surface area (Å²) in [6, 6.07) is 6.37. The molecule has 0 saturated heterocycles. The lowest BCUT2D eigenvalue weighted by molar-refractivity contribution is 0.214. The van der Waals surface area contributed by atoms with Crippen molar-refractivity contribution in [2.24, 2.45) is 0 Å². The topological polar surface area (TPSA) is 20.2 Å². The number of benzene rings is 2. The van der Waals surface area contributed by atoms with Crippen LogP contribution in [0.4, 0.5) is 8.78 Å². The van der Waals surface area contributed by atoms with Crippen LogP contribution in [0.2, 0.25) is 10.0 Å². The smallest absolute Gasteiger partial charge is 0.142 e. The van der Waals surface area contributed by atoms with E-state index in [1.165, 1.54) is 18.2 Å². The van der Waals surface area contributed by atoms with Crippen molar-refractivity contribution in [2.75, 3.05) is 0 Å². The maximum Gasteiger partial charge on any atom is 0.142 e.